The molecule has 0 aromatic carbocycles. The molecule has 1 atom stereocenters. The second-order valence-electron chi connectivity index (χ2n) is 14.6. The fraction of sp³-hybridized carbons (Fsp3) is 0.688. The SMILES string of the molecule is CC/C=C\C/C=C\C/C=C\C/C=C\C(CCCCCCCC(=O)NCC(=O)O)OC(=O)CCCCCCCCCCC/C=C\C/C=C\CCCCCCC. The van der Waals surface area contributed by atoms with E-state index in [0.29, 0.717) is 12.8 Å². The molecule has 0 aliphatic rings. The Labute approximate surface area is 332 Å². The zero-order valence-electron chi connectivity index (χ0n) is 34.8. The molecule has 0 fully saturated rings. The maximum atomic E-state index is 12.7. The van der Waals surface area contributed by atoms with Crippen LogP contribution in [0, 0.1) is 0 Å². The number of carboxylic acids is 1. The number of hydrogen-bond donors (Lipinski definition) is 2. The van der Waals surface area contributed by atoms with Gasteiger partial charge < -0.3 is 15.2 Å². The fourth-order valence-electron chi connectivity index (χ4n) is 6.10. The Bertz CT molecular complexity index is 1050. The summed E-state index contributed by atoms with van der Waals surface area (Å²) in [6.07, 6.45) is 57.6. The first-order valence-electron chi connectivity index (χ1n) is 22.1. The van der Waals surface area contributed by atoms with Crippen LogP contribution in [0.1, 0.15) is 200 Å². The summed E-state index contributed by atoms with van der Waals surface area (Å²) in [7, 11) is 0. The Hall–Kier alpha value is -3.15. The van der Waals surface area contributed by atoms with Gasteiger partial charge in [-0.25, -0.2) is 0 Å². The lowest BCUT2D eigenvalue weighted by Crippen LogP contribution is -2.28. The van der Waals surface area contributed by atoms with Gasteiger partial charge in [-0.05, 0) is 89.5 Å². The van der Waals surface area contributed by atoms with E-state index in [1.54, 1.807) is 0 Å². The Morgan fingerprint density at radius 1 is 0.519 bits per heavy atom. The van der Waals surface area contributed by atoms with Crippen molar-refractivity contribution < 1.29 is 24.2 Å². The van der Waals surface area contributed by atoms with Gasteiger partial charge in [-0.15, -0.1) is 0 Å². The Morgan fingerprint density at radius 2 is 0.963 bits per heavy atom. The van der Waals surface area contributed by atoms with Gasteiger partial charge in [0.15, 0.2) is 0 Å². The number of carboxylic acid groups (broad SMARTS) is 1. The average molecular weight is 752 g/mol. The molecule has 0 saturated carbocycles. The summed E-state index contributed by atoms with van der Waals surface area (Å²) in [6, 6.07) is 0. The van der Waals surface area contributed by atoms with E-state index in [2.05, 4.69) is 86.0 Å². The van der Waals surface area contributed by atoms with E-state index < -0.39 is 5.97 Å². The van der Waals surface area contributed by atoms with Crippen molar-refractivity contribution in [2.75, 3.05) is 6.54 Å². The van der Waals surface area contributed by atoms with Gasteiger partial charge in [-0.1, -0.05) is 171 Å². The lowest BCUT2D eigenvalue weighted by Gasteiger charge is -2.14. The number of esters is 1. The summed E-state index contributed by atoms with van der Waals surface area (Å²) in [6.45, 7) is 4.08. The van der Waals surface area contributed by atoms with E-state index in [-0.39, 0.29) is 24.5 Å². The number of carbonyl (C=O) groups excluding carboxylic acids is 2. The number of unbranched alkanes of at least 4 members (excludes halogenated alkanes) is 18. The molecular weight excluding hydrogens is 671 g/mol. The number of aliphatic carboxylic acids is 1. The molecule has 0 rings (SSSR count). The van der Waals surface area contributed by atoms with Crippen LogP contribution in [0.5, 0.6) is 0 Å². The van der Waals surface area contributed by atoms with Crippen molar-refractivity contribution in [2.24, 2.45) is 0 Å². The summed E-state index contributed by atoms with van der Waals surface area (Å²) in [5.41, 5.74) is 0. The summed E-state index contributed by atoms with van der Waals surface area (Å²) in [5.74, 6) is -1.34. The van der Waals surface area contributed by atoms with Gasteiger partial charge in [-0.3, -0.25) is 14.4 Å². The van der Waals surface area contributed by atoms with Crippen molar-refractivity contribution in [1.29, 1.82) is 0 Å². The number of amides is 1. The zero-order chi connectivity index (χ0) is 39.4. The predicted molar refractivity (Wildman–Crippen MR) is 231 cm³/mol. The second-order valence-corrected chi connectivity index (χ2v) is 14.6. The highest BCUT2D eigenvalue weighted by Gasteiger charge is 2.11. The monoisotopic (exact) mass is 752 g/mol. The number of rotatable bonds is 39. The average Bonchev–Trinajstić information content (AvgIpc) is 3.16. The highest BCUT2D eigenvalue weighted by atomic mass is 16.5. The molecule has 54 heavy (non-hydrogen) atoms. The van der Waals surface area contributed by atoms with Crippen LogP contribution in [0.25, 0.3) is 0 Å². The molecule has 0 aromatic heterocycles. The molecule has 0 spiro atoms. The minimum atomic E-state index is -1.03. The van der Waals surface area contributed by atoms with Crippen LogP contribution in [0.4, 0.5) is 0 Å². The molecule has 0 radical (unpaired) electrons. The highest BCUT2D eigenvalue weighted by Crippen LogP contribution is 2.15. The van der Waals surface area contributed by atoms with E-state index in [9.17, 15) is 14.4 Å². The summed E-state index contributed by atoms with van der Waals surface area (Å²) in [5, 5.41) is 11.1. The lowest BCUT2D eigenvalue weighted by atomic mass is 10.1. The molecule has 0 aromatic rings. The fourth-order valence-corrected chi connectivity index (χ4v) is 6.10. The molecule has 308 valence electrons. The maximum Gasteiger partial charge on any atom is 0.322 e. The highest BCUT2D eigenvalue weighted by molar-refractivity contribution is 5.80. The van der Waals surface area contributed by atoms with Crippen molar-refractivity contribution >= 4 is 17.8 Å². The van der Waals surface area contributed by atoms with Crippen molar-refractivity contribution in [2.45, 2.75) is 206 Å². The first-order chi connectivity index (χ1) is 26.5. The van der Waals surface area contributed by atoms with Crippen molar-refractivity contribution in [3.8, 4) is 0 Å². The van der Waals surface area contributed by atoms with E-state index in [0.717, 1.165) is 83.5 Å². The van der Waals surface area contributed by atoms with Crippen LogP contribution in [0.15, 0.2) is 72.9 Å². The molecule has 0 saturated heterocycles. The molecular formula is C48H81NO5. The van der Waals surface area contributed by atoms with Crippen molar-refractivity contribution in [3.63, 3.8) is 0 Å². The smallest absolute Gasteiger partial charge is 0.322 e. The molecule has 2 N–H and O–H groups in total. The van der Waals surface area contributed by atoms with Gasteiger partial charge in [-0.2, -0.15) is 0 Å². The van der Waals surface area contributed by atoms with Gasteiger partial charge in [0.1, 0.15) is 12.6 Å². The Morgan fingerprint density at radius 3 is 1.50 bits per heavy atom. The minimum Gasteiger partial charge on any atom is -0.480 e. The van der Waals surface area contributed by atoms with Crippen molar-refractivity contribution in [3.05, 3.63) is 72.9 Å². The number of ether oxygens (including phenoxy) is 1. The summed E-state index contributed by atoms with van der Waals surface area (Å²) in [4.78, 5) is 35.0. The van der Waals surface area contributed by atoms with Crippen LogP contribution in [0.2, 0.25) is 0 Å². The lowest BCUT2D eigenvalue weighted by molar-refractivity contribution is -0.147. The van der Waals surface area contributed by atoms with E-state index in [1.165, 1.54) is 89.9 Å². The first kappa shape index (κ1) is 50.9. The third-order valence-electron chi connectivity index (χ3n) is 9.35. The quantitative estimate of drug-likeness (QED) is 0.0371. The Balaban J connectivity index is 4.19. The second kappa shape index (κ2) is 42.6. The third kappa shape index (κ3) is 41.6. The van der Waals surface area contributed by atoms with Crippen LogP contribution in [0.3, 0.4) is 0 Å². The molecule has 1 unspecified atom stereocenters. The van der Waals surface area contributed by atoms with Gasteiger partial charge in [0.2, 0.25) is 5.91 Å². The van der Waals surface area contributed by atoms with E-state index in [1.807, 2.05) is 6.08 Å². The van der Waals surface area contributed by atoms with Crippen LogP contribution in [-0.2, 0) is 19.1 Å². The van der Waals surface area contributed by atoms with Gasteiger partial charge in [0.05, 0.1) is 0 Å². The molecule has 0 aliphatic heterocycles. The molecule has 0 heterocycles. The number of carbonyl (C=O) groups is 3. The number of allylic oxidation sites excluding steroid dienone is 11. The van der Waals surface area contributed by atoms with E-state index >= 15 is 0 Å². The summed E-state index contributed by atoms with van der Waals surface area (Å²) < 4.78 is 5.92. The van der Waals surface area contributed by atoms with Gasteiger partial charge in [0, 0.05) is 12.8 Å². The maximum absolute atomic E-state index is 12.7. The first-order valence-corrected chi connectivity index (χ1v) is 22.1. The topological polar surface area (TPSA) is 92.7 Å². The van der Waals surface area contributed by atoms with Crippen LogP contribution >= 0.6 is 0 Å². The number of hydrogen-bond acceptors (Lipinski definition) is 4. The largest absolute Gasteiger partial charge is 0.480 e. The molecule has 1 amide bonds. The van der Waals surface area contributed by atoms with E-state index in [4.69, 9.17) is 9.84 Å². The normalized spacial score (nSPS) is 12.8. The zero-order valence-corrected chi connectivity index (χ0v) is 34.8. The standard InChI is InChI=1S/C48H81NO5/c1-3-5-7-9-11-13-15-16-17-18-19-20-21-22-23-24-26-28-30-35-39-43-48(53)54-45(40-36-32-29-27-25-14-12-10-8-6-4-2)41-37-33-31-34-38-42-46(50)49-44-47(51)52/h6,8,12,14-16,18-19,27,29,36,40,45H,3-5,7,9-11,13,17,20-26,28,30-35,37-39,41-44H2,1-2H3,(H,49,50)(H,51,52)/b8-6-,14-12-,16-15-,19-18-,29-27-,40-36-. The van der Waals surface area contributed by atoms with Gasteiger partial charge >= 0.3 is 11.9 Å². The minimum absolute atomic E-state index is 0.0994. The molecule has 0 aliphatic carbocycles. The van der Waals surface area contributed by atoms with Crippen molar-refractivity contribution in [1.82, 2.24) is 5.32 Å². The Kier molecular flexibility index (Phi) is 40.1. The summed E-state index contributed by atoms with van der Waals surface area (Å²) >= 11 is 0. The van der Waals surface area contributed by atoms with Gasteiger partial charge in [0.25, 0.3) is 0 Å². The van der Waals surface area contributed by atoms with Crippen LogP contribution < -0.4 is 5.32 Å². The molecule has 6 nitrogen and oxygen atoms in total. The molecule has 0 bridgehead atoms. The predicted octanol–water partition coefficient (Wildman–Crippen LogP) is 13.8. The molecule has 6 heteroatoms. The number of nitrogens with one attached hydrogen (secondary N) is 1. The third-order valence-corrected chi connectivity index (χ3v) is 9.35. The van der Waals surface area contributed by atoms with Crippen LogP contribution in [-0.4, -0.2) is 35.6 Å².